The lowest BCUT2D eigenvalue weighted by Crippen LogP contribution is -1.91. The Hall–Kier alpha value is -1.12. The molecule has 0 aliphatic carbocycles. The highest BCUT2D eigenvalue weighted by Gasteiger charge is 2.10. The first-order valence-corrected chi connectivity index (χ1v) is 5.41. The largest absolute Gasteiger partial charge is 0.253 e. The zero-order chi connectivity index (χ0) is 11.7. The average Bonchev–Trinajstić information content (AvgIpc) is 2.19. The summed E-state index contributed by atoms with van der Waals surface area (Å²) in [5.41, 5.74) is 1.56. The molecule has 0 fully saturated rings. The lowest BCUT2D eigenvalue weighted by atomic mass is 10.1. The molecule has 1 nitrogen and oxygen atoms in total. The van der Waals surface area contributed by atoms with Crippen LogP contribution in [0.2, 0.25) is 10.0 Å². The van der Waals surface area contributed by atoms with Gasteiger partial charge in [0, 0.05) is 16.8 Å². The van der Waals surface area contributed by atoms with Gasteiger partial charge in [-0.15, -0.1) is 0 Å². The molecular formula is C12H8Cl2FN. The molecule has 0 unspecified atom stereocenters. The van der Waals surface area contributed by atoms with Crippen LogP contribution in [0, 0.1) is 12.7 Å². The van der Waals surface area contributed by atoms with E-state index < -0.39 is 0 Å². The summed E-state index contributed by atoms with van der Waals surface area (Å²) in [6, 6.07) is 6.31. The van der Waals surface area contributed by atoms with Gasteiger partial charge in [-0.25, -0.2) is 4.39 Å². The second-order valence-electron chi connectivity index (χ2n) is 3.47. The first kappa shape index (κ1) is 11.4. The lowest BCUT2D eigenvalue weighted by Gasteiger charge is -2.05. The van der Waals surface area contributed by atoms with Crippen molar-refractivity contribution in [2.75, 3.05) is 0 Å². The van der Waals surface area contributed by atoms with Gasteiger partial charge in [-0.05, 0) is 36.8 Å². The summed E-state index contributed by atoms with van der Waals surface area (Å²) in [5, 5.41) is 0.907. The van der Waals surface area contributed by atoms with Crippen LogP contribution in [0.5, 0.6) is 0 Å². The third kappa shape index (κ3) is 2.18. The molecule has 0 spiro atoms. The van der Waals surface area contributed by atoms with Crippen molar-refractivity contribution < 1.29 is 4.39 Å². The average molecular weight is 256 g/mol. The van der Waals surface area contributed by atoms with Crippen LogP contribution in [0.25, 0.3) is 11.3 Å². The van der Waals surface area contributed by atoms with Crippen LogP contribution in [-0.2, 0) is 0 Å². The van der Waals surface area contributed by atoms with Crippen LogP contribution >= 0.6 is 23.2 Å². The number of aromatic nitrogens is 1. The van der Waals surface area contributed by atoms with Crippen molar-refractivity contribution in [1.29, 1.82) is 0 Å². The minimum atomic E-state index is -0.385. The predicted octanol–water partition coefficient (Wildman–Crippen LogP) is 4.50. The molecule has 0 saturated carbocycles. The van der Waals surface area contributed by atoms with Gasteiger partial charge in [0.1, 0.15) is 11.5 Å². The maximum absolute atomic E-state index is 13.7. The van der Waals surface area contributed by atoms with Gasteiger partial charge < -0.3 is 0 Å². The molecule has 2 aromatic rings. The highest BCUT2D eigenvalue weighted by atomic mass is 35.5. The van der Waals surface area contributed by atoms with Crippen LogP contribution in [0.1, 0.15) is 5.56 Å². The van der Waals surface area contributed by atoms with E-state index in [-0.39, 0.29) is 11.5 Å². The Balaban J connectivity index is 2.59. The Bertz CT molecular complexity index is 491. The van der Waals surface area contributed by atoms with Gasteiger partial charge in [0.05, 0.1) is 5.02 Å². The normalized spacial score (nSPS) is 10.5. The Kier molecular flexibility index (Phi) is 3.13. The topological polar surface area (TPSA) is 12.9 Å². The van der Waals surface area contributed by atoms with Crippen molar-refractivity contribution >= 4 is 23.2 Å². The first-order chi connectivity index (χ1) is 7.58. The molecule has 0 amide bonds. The molecule has 0 aliphatic rings. The van der Waals surface area contributed by atoms with E-state index in [0.29, 0.717) is 15.6 Å². The molecule has 0 saturated heterocycles. The molecule has 16 heavy (non-hydrogen) atoms. The van der Waals surface area contributed by atoms with Crippen molar-refractivity contribution in [3.8, 4) is 11.3 Å². The van der Waals surface area contributed by atoms with Crippen molar-refractivity contribution in [2.45, 2.75) is 6.92 Å². The van der Waals surface area contributed by atoms with Crippen molar-refractivity contribution in [2.24, 2.45) is 0 Å². The van der Waals surface area contributed by atoms with Gasteiger partial charge >= 0.3 is 0 Å². The summed E-state index contributed by atoms with van der Waals surface area (Å²) in [7, 11) is 0. The van der Waals surface area contributed by atoms with Gasteiger partial charge in [-0.1, -0.05) is 23.2 Å². The molecule has 0 N–H and O–H groups in total. The highest BCUT2D eigenvalue weighted by Crippen LogP contribution is 2.30. The molecule has 1 heterocycles. The molecule has 0 atom stereocenters. The number of rotatable bonds is 1. The summed E-state index contributed by atoms with van der Waals surface area (Å²) in [6.45, 7) is 1.78. The number of aryl methyl sites for hydroxylation is 1. The summed E-state index contributed by atoms with van der Waals surface area (Å²) in [6.07, 6.45) is 1.60. The summed E-state index contributed by atoms with van der Waals surface area (Å²) >= 11 is 11.8. The number of benzene rings is 1. The molecule has 0 aliphatic heterocycles. The quantitative estimate of drug-likeness (QED) is 0.731. The van der Waals surface area contributed by atoms with E-state index in [2.05, 4.69) is 4.98 Å². The van der Waals surface area contributed by atoms with E-state index in [9.17, 15) is 4.39 Å². The molecule has 1 aromatic heterocycles. The third-order valence-corrected chi connectivity index (χ3v) is 2.71. The van der Waals surface area contributed by atoms with E-state index >= 15 is 0 Å². The second-order valence-corrected chi connectivity index (χ2v) is 4.31. The third-order valence-electron chi connectivity index (χ3n) is 2.16. The Morgan fingerprint density at radius 2 is 1.94 bits per heavy atom. The number of halogens is 3. The Morgan fingerprint density at radius 3 is 2.56 bits per heavy atom. The molecule has 4 heteroatoms. The van der Waals surface area contributed by atoms with Gasteiger partial charge in [0.15, 0.2) is 0 Å². The number of nitrogens with zero attached hydrogens (tertiary/aromatic N) is 1. The molecule has 82 valence electrons. The van der Waals surface area contributed by atoms with Gasteiger partial charge in [-0.3, -0.25) is 4.98 Å². The lowest BCUT2D eigenvalue weighted by molar-refractivity contribution is 0.624. The van der Waals surface area contributed by atoms with E-state index in [1.807, 2.05) is 0 Å². The van der Waals surface area contributed by atoms with Crippen LogP contribution in [0.4, 0.5) is 4.39 Å². The highest BCUT2D eigenvalue weighted by molar-refractivity contribution is 6.36. The molecule has 0 radical (unpaired) electrons. The fourth-order valence-electron chi connectivity index (χ4n) is 1.41. The summed E-state index contributed by atoms with van der Waals surface area (Å²) in [4.78, 5) is 4.04. The van der Waals surface area contributed by atoms with E-state index in [1.54, 1.807) is 31.3 Å². The second kappa shape index (κ2) is 4.40. The van der Waals surface area contributed by atoms with Crippen LogP contribution in [0.15, 0.2) is 30.5 Å². The zero-order valence-corrected chi connectivity index (χ0v) is 9.98. The first-order valence-electron chi connectivity index (χ1n) is 4.65. The van der Waals surface area contributed by atoms with Crippen molar-refractivity contribution in [1.82, 2.24) is 4.98 Å². The summed E-state index contributed by atoms with van der Waals surface area (Å²) < 4.78 is 13.7. The fourth-order valence-corrected chi connectivity index (χ4v) is 1.91. The Morgan fingerprint density at radius 1 is 1.19 bits per heavy atom. The van der Waals surface area contributed by atoms with Gasteiger partial charge in [0.25, 0.3) is 0 Å². The maximum atomic E-state index is 13.7. The SMILES string of the molecule is Cc1cnc(-c2ccc(Cl)cc2Cl)c(F)c1. The standard InChI is InChI=1S/C12H8Cl2FN/c1-7-4-11(15)12(16-6-7)9-3-2-8(13)5-10(9)14/h2-6H,1H3. The minimum Gasteiger partial charge on any atom is -0.253 e. The van der Waals surface area contributed by atoms with Crippen molar-refractivity contribution in [3.05, 3.63) is 51.9 Å². The molecule has 1 aromatic carbocycles. The van der Waals surface area contributed by atoms with E-state index in [0.717, 1.165) is 5.56 Å². The van der Waals surface area contributed by atoms with E-state index in [4.69, 9.17) is 23.2 Å². The van der Waals surface area contributed by atoms with Crippen LogP contribution in [-0.4, -0.2) is 4.98 Å². The van der Waals surface area contributed by atoms with E-state index in [1.165, 1.54) is 6.07 Å². The maximum Gasteiger partial charge on any atom is 0.149 e. The van der Waals surface area contributed by atoms with Gasteiger partial charge in [0.2, 0.25) is 0 Å². The summed E-state index contributed by atoms with van der Waals surface area (Å²) in [5.74, 6) is -0.385. The number of hydrogen-bond acceptors (Lipinski definition) is 1. The van der Waals surface area contributed by atoms with Crippen LogP contribution in [0.3, 0.4) is 0 Å². The zero-order valence-electron chi connectivity index (χ0n) is 8.47. The number of hydrogen-bond donors (Lipinski definition) is 0. The van der Waals surface area contributed by atoms with Gasteiger partial charge in [-0.2, -0.15) is 0 Å². The molecule has 0 bridgehead atoms. The predicted molar refractivity (Wildman–Crippen MR) is 64.4 cm³/mol. The van der Waals surface area contributed by atoms with Crippen molar-refractivity contribution in [3.63, 3.8) is 0 Å². The fraction of sp³-hybridized carbons (Fsp3) is 0.0833. The minimum absolute atomic E-state index is 0.243. The smallest absolute Gasteiger partial charge is 0.149 e. The molecule has 2 rings (SSSR count). The Labute approximate surface area is 103 Å². The number of pyridine rings is 1. The van der Waals surface area contributed by atoms with Crippen LogP contribution < -0.4 is 0 Å². The monoisotopic (exact) mass is 255 g/mol. The molecular weight excluding hydrogens is 248 g/mol.